The first-order chi connectivity index (χ1) is 9.06. The van der Waals surface area contributed by atoms with Gasteiger partial charge in [-0.1, -0.05) is 18.0 Å². The Morgan fingerprint density at radius 1 is 1.53 bits per heavy atom. The van der Waals surface area contributed by atoms with E-state index in [9.17, 15) is 4.79 Å². The molecule has 0 amide bonds. The zero-order valence-corrected chi connectivity index (χ0v) is 11.7. The third-order valence-electron chi connectivity index (χ3n) is 3.56. The van der Waals surface area contributed by atoms with Crippen LogP contribution in [0.4, 0.5) is 5.69 Å². The van der Waals surface area contributed by atoms with Gasteiger partial charge >= 0.3 is 5.97 Å². The molecule has 102 valence electrons. The van der Waals surface area contributed by atoms with Crippen molar-refractivity contribution in [3.8, 4) is 0 Å². The number of carbonyl (C=O) groups is 1. The Bertz CT molecular complexity index is 495. The van der Waals surface area contributed by atoms with Crippen LogP contribution in [0.5, 0.6) is 0 Å². The van der Waals surface area contributed by atoms with Crippen LogP contribution in [0, 0.1) is 5.92 Å². The molecule has 1 aliphatic carbocycles. The molecule has 2 rings (SSSR count). The highest BCUT2D eigenvalue weighted by molar-refractivity contribution is 6.30. The average molecular weight is 280 g/mol. The number of hydrogen-bond donors (Lipinski definition) is 1. The van der Waals surface area contributed by atoms with Gasteiger partial charge in [-0.2, -0.15) is 0 Å². The maximum absolute atomic E-state index is 10.6. The van der Waals surface area contributed by atoms with Crippen LogP contribution in [0.15, 0.2) is 24.3 Å². The van der Waals surface area contributed by atoms with Crippen LogP contribution in [0.1, 0.15) is 24.8 Å². The topological polar surface area (TPSA) is 40.5 Å². The molecule has 1 aromatic rings. The Balaban J connectivity index is 2.19. The summed E-state index contributed by atoms with van der Waals surface area (Å²) < 4.78 is 0. The van der Waals surface area contributed by atoms with Crippen molar-refractivity contribution in [2.75, 3.05) is 18.5 Å². The van der Waals surface area contributed by atoms with Crippen molar-refractivity contribution in [2.45, 2.75) is 19.3 Å². The van der Waals surface area contributed by atoms with Crippen molar-refractivity contribution in [2.24, 2.45) is 5.92 Å². The van der Waals surface area contributed by atoms with Crippen LogP contribution >= 0.6 is 11.6 Å². The van der Waals surface area contributed by atoms with Gasteiger partial charge in [0.2, 0.25) is 0 Å². The van der Waals surface area contributed by atoms with Crippen LogP contribution in [-0.4, -0.2) is 24.7 Å². The number of carboxylic acid groups (broad SMARTS) is 1. The Morgan fingerprint density at radius 2 is 2.26 bits per heavy atom. The van der Waals surface area contributed by atoms with Gasteiger partial charge in [-0.15, -0.1) is 0 Å². The van der Waals surface area contributed by atoms with Crippen LogP contribution in [0.3, 0.4) is 0 Å². The fourth-order valence-corrected chi connectivity index (χ4v) is 2.51. The zero-order valence-electron chi connectivity index (χ0n) is 11.0. The standard InChI is InChI=1S/C15H18ClNO2/c1-17(10-11-3-2-4-11)14-7-6-13(16)9-12(14)5-8-15(18)19/h5-9,11H,2-4,10H2,1H3,(H,18,19)/b8-5+. The lowest BCUT2D eigenvalue weighted by atomic mass is 9.85. The molecule has 3 nitrogen and oxygen atoms in total. The molecule has 0 unspecified atom stereocenters. The molecule has 0 spiro atoms. The summed E-state index contributed by atoms with van der Waals surface area (Å²) in [5, 5.41) is 9.35. The van der Waals surface area contributed by atoms with E-state index in [0.717, 1.165) is 29.8 Å². The van der Waals surface area contributed by atoms with Gasteiger partial charge < -0.3 is 10.0 Å². The summed E-state index contributed by atoms with van der Waals surface area (Å²) in [6.07, 6.45) is 6.65. The number of anilines is 1. The second kappa shape index (κ2) is 6.11. The lowest BCUT2D eigenvalue weighted by Crippen LogP contribution is -2.29. The van der Waals surface area contributed by atoms with Gasteiger partial charge in [0.15, 0.2) is 0 Å². The highest BCUT2D eigenvalue weighted by atomic mass is 35.5. The number of hydrogen-bond acceptors (Lipinski definition) is 2. The van der Waals surface area contributed by atoms with Crippen LogP contribution in [-0.2, 0) is 4.79 Å². The van der Waals surface area contributed by atoms with Gasteiger partial charge in [-0.05, 0) is 48.6 Å². The molecule has 0 aliphatic heterocycles. The molecule has 0 bridgehead atoms. The fourth-order valence-electron chi connectivity index (χ4n) is 2.33. The minimum Gasteiger partial charge on any atom is -0.478 e. The Kier molecular flexibility index (Phi) is 4.48. The van der Waals surface area contributed by atoms with E-state index < -0.39 is 5.97 Å². The first kappa shape index (κ1) is 13.9. The Labute approximate surface area is 118 Å². The van der Waals surface area contributed by atoms with Crippen molar-refractivity contribution in [1.82, 2.24) is 0 Å². The monoisotopic (exact) mass is 279 g/mol. The van der Waals surface area contributed by atoms with Crippen LogP contribution in [0.2, 0.25) is 5.02 Å². The maximum Gasteiger partial charge on any atom is 0.328 e. The molecule has 0 radical (unpaired) electrons. The lowest BCUT2D eigenvalue weighted by molar-refractivity contribution is -0.131. The summed E-state index contributed by atoms with van der Waals surface area (Å²) in [6.45, 7) is 1.01. The SMILES string of the molecule is CN(CC1CCC1)c1ccc(Cl)cc1/C=C/C(=O)O. The van der Waals surface area contributed by atoms with E-state index in [0.29, 0.717) is 5.02 Å². The van der Waals surface area contributed by atoms with Gasteiger partial charge in [0.1, 0.15) is 0 Å². The second-order valence-electron chi connectivity index (χ2n) is 5.05. The molecule has 0 atom stereocenters. The Hall–Kier alpha value is -1.48. The number of halogens is 1. The molecule has 1 fully saturated rings. The van der Waals surface area contributed by atoms with Crippen molar-refractivity contribution < 1.29 is 9.90 Å². The van der Waals surface area contributed by atoms with Gasteiger partial charge in [-0.3, -0.25) is 0 Å². The first-order valence-electron chi connectivity index (χ1n) is 6.48. The van der Waals surface area contributed by atoms with Crippen molar-refractivity contribution in [3.63, 3.8) is 0 Å². The van der Waals surface area contributed by atoms with Gasteiger partial charge in [0.05, 0.1) is 0 Å². The third-order valence-corrected chi connectivity index (χ3v) is 3.80. The van der Waals surface area contributed by atoms with Crippen LogP contribution in [0.25, 0.3) is 6.08 Å². The molecule has 0 saturated heterocycles. The van der Waals surface area contributed by atoms with E-state index in [1.165, 1.54) is 19.3 Å². The number of benzene rings is 1. The molecule has 19 heavy (non-hydrogen) atoms. The second-order valence-corrected chi connectivity index (χ2v) is 5.49. The normalized spacial score (nSPS) is 15.5. The van der Waals surface area contributed by atoms with E-state index in [1.54, 1.807) is 12.1 Å². The molecule has 1 saturated carbocycles. The summed E-state index contributed by atoms with van der Waals surface area (Å²) in [5.41, 5.74) is 1.87. The predicted octanol–water partition coefficient (Wildman–Crippen LogP) is 3.67. The maximum atomic E-state index is 10.6. The van der Waals surface area contributed by atoms with Gasteiger partial charge in [0, 0.05) is 30.4 Å². The lowest BCUT2D eigenvalue weighted by Gasteiger charge is -2.32. The number of carboxylic acids is 1. The van der Waals surface area contributed by atoms with E-state index >= 15 is 0 Å². The summed E-state index contributed by atoms with van der Waals surface area (Å²) in [4.78, 5) is 12.8. The van der Waals surface area contributed by atoms with Crippen molar-refractivity contribution in [1.29, 1.82) is 0 Å². The minimum absolute atomic E-state index is 0.617. The Morgan fingerprint density at radius 3 is 2.84 bits per heavy atom. The molecule has 0 heterocycles. The van der Waals surface area contributed by atoms with E-state index in [-0.39, 0.29) is 0 Å². The molecular formula is C15H18ClNO2. The highest BCUT2D eigenvalue weighted by Gasteiger charge is 2.20. The first-order valence-corrected chi connectivity index (χ1v) is 6.86. The highest BCUT2D eigenvalue weighted by Crippen LogP contribution is 2.30. The number of nitrogens with zero attached hydrogens (tertiary/aromatic N) is 1. The summed E-state index contributed by atoms with van der Waals surface area (Å²) in [6, 6.07) is 5.59. The zero-order chi connectivity index (χ0) is 13.8. The van der Waals surface area contributed by atoms with E-state index in [2.05, 4.69) is 4.90 Å². The third kappa shape index (κ3) is 3.74. The number of aliphatic carboxylic acids is 1. The molecule has 1 aromatic carbocycles. The summed E-state index contributed by atoms with van der Waals surface area (Å²) in [7, 11) is 2.04. The van der Waals surface area contributed by atoms with E-state index in [1.807, 2.05) is 19.2 Å². The fraction of sp³-hybridized carbons (Fsp3) is 0.400. The molecular weight excluding hydrogens is 262 g/mol. The molecule has 1 N–H and O–H groups in total. The van der Waals surface area contributed by atoms with Crippen molar-refractivity contribution in [3.05, 3.63) is 34.9 Å². The van der Waals surface area contributed by atoms with Crippen LogP contribution < -0.4 is 4.90 Å². The van der Waals surface area contributed by atoms with E-state index in [4.69, 9.17) is 16.7 Å². The number of rotatable bonds is 5. The van der Waals surface area contributed by atoms with Gasteiger partial charge in [0.25, 0.3) is 0 Å². The summed E-state index contributed by atoms with van der Waals surface area (Å²) in [5.74, 6) is -0.190. The quantitative estimate of drug-likeness (QED) is 0.836. The predicted molar refractivity (Wildman–Crippen MR) is 78.7 cm³/mol. The molecule has 0 aromatic heterocycles. The molecule has 4 heteroatoms. The smallest absolute Gasteiger partial charge is 0.328 e. The van der Waals surface area contributed by atoms with Crippen molar-refractivity contribution >= 4 is 29.3 Å². The minimum atomic E-state index is -0.951. The van der Waals surface area contributed by atoms with Gasteiger partial charge in [-0.25, -0.2) is 4.79 Å². The molecule has 1 aliphatic rings. The largest absolute Gasteiger partial charge is 0.478 e. The average Bonchev–Trinajstić information content (AvgIpc) is 2.31. The summed E-state index contributed by atoms with van der Waals surface area (Å²) >= 11 is 5.98.